The second-order valence-corrected chi connectivity index (χ2v) is 0.773. The molecule has 0 heterocycles. The van der Waals surface area contributed by atoms with Crippen LogP contribution in [0, 0.1) is 0 Å². The Morgan fingerprint density at radius 3 is 1.27 bits per heavy atom. The third kappa shape index (κ3) is 109. The third-order valence-corrected chi connectivity index (χ3v) is 0.167. The molecule has 0 saturated carbocycles. The summed E-state index contributed by atoms with van der Waals surface area (Å²) < 4.78 is 0. The Morgan fingerprint density at radius 2 is 1.27 bits per heavy atom. The van der Waals surface area contributed by atoms with Crippen LogP contribution in [-0.2, 0) is 4.79 Å². The van der Waals surface area contributed by atoms with E-state index in [2.05, 4.69) is 6.58 Å². The molecule has 7 heteroatoms. The second-order valence-electron chi connectivity index (χ2n) is 0.773. The fourth-order valence-electron chi connectivity index (χ4n) is 0. The van der Waals surface area contributed by atoms with Crippen LogP contribution < -0.4 is 44.9 Å². The van der Waals surface area contributed by atoms with Crippen LogP contribution in [0.5, 0.6) is 0 Å². The zero-order valence-electron chi connectivity index (χ0n) is 6.03. The molecule has 0 spiro atoms. The molecule has 0 atom stereocenters. The number of aliphatic carboxylic acids is 1. The van der Waals surface area contributed by atoms with Gasteiger partial charge in [-0.2, -0.15) is 0 Å². The zero-order valence-corrected chi connectivity index (χ0v) is 10.2. The van der Waals surface area contributed by atoms with Crippen molar-refractivity contribution in [1.82, 2.24) is 0 Å². The van der Waals surface area contributed by atoms with Gasteiger partial charge in [-0.25, -0.2) is 0 Å². The summed E-state index contributed by atoms with van der Waals surface area (Å²) in [5, 5.41) is 25.8. The third-order valence-electron chi connectivity index (χ3n) is 0.167. The van der Waals surface area contributed by atoms with Crippen molar-refractivity contribution < 1.29 is 54.5 Å². The van der Waals surface area contributed by atoms with Crippen molar-refractivity contribution in [3.63, 3.8) is 0 Å². The number of carbonyl (C=O) groups excluding carboxylic acids is 2. The molecule has 0 N–H and O–H groups in total. The quantitative estimate of drug-likeness (QED) is 0.305. The summed E-state index contributed by atoms with van der Waals surface area (Å²) in [6, 6.07) is 0. The molecule has 0 bridgehead atoms. The van der Waals surface area contributed by atoms with Crippen molar-refractivity contribution in [2.75, 3.05) is 0 Å². The molecule has 0 aromatic rings. The Morgan fingerprint density at radius 1 is 1.18 bits per heavy atom. The number of carbonyl (C=O) groups is 2. The van der Waals surface area contributed by atoms with Crippen molar-refractivity contribution in [2.24, 2.45) is 0 Å². The summed E-state index contributed by atoms with van der Waals surface area (Å²) in [6.45, 7) is 2.90. The number of carboxylic acids is 1. The fraction of sp³-hybridized carbons (Fsp3) is 0. The average molecular weight is 194 g/mol. The molecule has 0 aliphatic heterocycles. The molecular weight excluding hydrogens is 191 g/mol. The molecule has 52 valence electrons. The Bertz CT molecular complexity index is 122. The van der Waals surface area contributed by atoms with E-state index in [1.54, 1.807) is 0 Å². The minimum Gasteiger partial charge on any atom is -0.652 e. The number of hydrogen-bond acceptors (Lipinski definition) is 5. The van der Waals surface area contributed by atoms with Crippen molar-refractivity contribution in [2.45, 2.75) is 0 Å². The van der Waals surface area contributed by atoms with Crippen molar-refractivity contribution in [3.05, 3.63) is 12.7 Å². The summed E-state index contributed by atoms with van der Waals surface area (Å²) in [4.78, 5) is 17.5. The summed E-state index contributed by atoms with van der Waals surface area (Å²) >= 11 is 0. The molecule has 0 aromatic heterocycles. The summed E-state index contributed by atoms with van der Waals surface area (Å²) in [5.74, 6) is -1.23. The van der Waals surface area contributed by atoms with E-state index in [0.29, 0.717) is 0 Å². The SMILES string of the molecule is C=CC(=O)[O-].O=C([O-])[O-].[Ca+2].[Na+]. The average Bonchev–Trinajstić information content (AvgIpc) is 1.65. The van der Waals surface area contributed by atoms with Crippen LogP contribution in [0.2, 0.25) is 0 Å². The van der Waals surface area contributed by atoms with Gasteiger partial charge in [0.15, 0.2) is 0 Å². The first-order valence-corrected chi connectivity index (χ1v) is 1.72. The van der Waals surface area contributed by atoms with E-state index in [4.69, 9.17) is 24.9 Å². The van der Waals surface area contributed by atoms with E-state index < -0.39 is 12.1 Å². The topological polar surface area (TPSA) is 103 Å². The number of rotatable bonds is 1. The normalized spacial score (nSPS) is 5.09. The first-order chi connectivity index (χ1) is 4.00. The van der Waals surface area contributed by atoms with Gasteiger partial charge in [-0.1, -0.05) is 6.58 Å². The van der Waals surface area contributed by atoms with E-state index in [-0.39, 0.29) is 67.3 Å². The molecule has 0 amide bonds. The molecule has 0 rings (SSSR count). The predicted molar refractivity (Wildman–Crippen MR) is 26.4 cm³/mol. The Hall–Kier alpha value is 0.740. The van der Waals surface area contributed by atoms with Crippen molar-refractivity contribution >= 4 is 49.9 Å². The molecule has 0 aromatic carbocycles. The molecule has 0 aliphatic rings. The molecular formula is C4H3CaNaO5. The van der Waals surface area contributed by atoms with E-state index in [1.165, 1.54) is 0 Å². The smallest absolute Gasteiger partial charge is 0.652 e. The second kappa shape index (κ2) is 17.0. The molecule has 0 fully saturated rings. The molecule has 0 unspecified atom stereocenters. The summed E-state index contributed by atoms with van der Waals surface area (Å²) in [7, 11) is 0. The Balaban J connectivity index is -0.0000000383. The van der Waals surface area contributed by atoms with E-state index in [0.717, 1.165) is 6.08 Å². The fourth-order valence-corrected chi connectivity index (χ4v) is 0. The van der Waals surface area contributed by atoms with Crippen LogP contribution in [0.4, 0.5) is 4.79 Å². The van der Waals surface area contributed by atoms with Gasteiger partial charge in [0.1, 0.15) is 0 Å². The molecule has 5 nitrogen and oxygen atoms in total. The van der Waals surface area contributed by atoms with Gasteiger partial charge in [0, 0.05) is 0 Å². The molecule has 0 saturated heterocycles. The van der Waals surface area contributed by atoms with Crippen molar-refractivity contribution in [1.29, 1.82) is 0 Å². The van der Waals surface area contributed by atoms with Crippen LogP contribution in [0.25, 0.3) is 0 Å². The first kappa shape index (κ1) is 22.6. The van der Waals surface area contributed by atoms with Crippen LogP contribution in [0.1, 0.15) is 0 Å². The molecule has 0 aliphatic carbocycles. The Labute approximate surface area is 115 Å². The largest absolute Gasteiger partial charge is 2.00 e. The van der Waals surface area contributed by atoms with Crippen LogP contribution in [0.15, 0.2) is 12.7 Å². The van der Waals surface area contributed by atoms with E-state index >= 15 is 0 Å². The minimum atomic E-state index is -2.33. The first-order valence-electron chi connectivity index (χ1n) is 1.72. The maximum atomic E-state index is 9.14. The van der Waals surface area contributed by atoms with E-state index in [9.17, 15) is 0 Å². The molecule has 11 heavy (non-hydrogen) atoms. The Kier molecular flexibility index (Phi) is 34.9. The van der Waals surface area contributed by atoms with Crippen LogP contribution in [-0.4, -0.2) is 49.9 Å². The van der Waals surface area contributed by atoms with Gasteiger partial charge in [0.05, 0.1) is 5.97 Å². The van der Waals surface area contributed by atoms with Gasteiger partial charge in [0.2, 0.25) is 0 Å². The number of carboxylic acid groups (broad SMARTS) is 3. The van der Waals surface area contributed by atoms with Crippen LogP contribution in [0.3, 0.4) is 0 Å². The monoisotopic (exact) mass is 194 g/mol. The van der Waals surface area contributed by atoms with Crippen molar-refractivity contribution in [3.8, 4) is 0 Å². The minimum absolute atomic E-state index is 0. The predicted octanol–water partition coefficient (Wildman–Crippen LogP) is -6.90. The maximum Gasteiger partial charge on any atom is 2.00 e. The summed E-state index contributed by atoms with van der Waals surface area (Å²) in [6.07, 6.45) is -1.61. The van der Waals surface area contributed by atoms with E-state index in [1.807, 2.05) is 0 Å². The van der Waals surface area contributed by atoms with Gasteiger partial charge in [-0.15, -0.1) is 0 Å². The number of hydrogen-bond donors (Lipinski definition) is 0. The van der Waals surface area contributed by atoms with Gasteiger partial charge in [-0.05, 0) is 12.2 Å². The maximum absolute atomic E-state index is 9.14. The zero-order chi connectivity index (χ0) is 7.86. The van der Waals surface area contributed by atoms with Gasteiger partial charge in [0.25, 0.3) is 0 Å². The summed E-state index contributed by atoms with van der Waals surface area (Å²) in [5.41, 5.74) is 0. The van der Waals surface area contributed by atoms with Gasteiger partial charge in [-0.3, -0.25) is 0 Å². The molecule has 0 radical (unpaired) electrons. The van der Waals surface area contributed by atoms with Gasteiger partial charge < -0.3 is 24.9 Å². The van der Waals surface area contributed by atoms with Gasteiger partial charge >= 0.3 is 67.3 Å². The van der Waals surface area contributed by atoms with Crippen LogP contribution >= 0.6 is 0 Å². The standard InChI is InChI=1S/C3H4O2.CH2O3.Ca.Na/c1-2-3(4)5;2-1(3)4;;/h2H,1H2,(H,4,5);(H2,2,3,4);;/q;;+2;+1/p-3.